The summed E-state index contributed by atoms with van der Waals surface area (Å²) in [6, 6.07) is 0. The molecule has 2 rings (SSSR count). The standard InChI is InChI=1S/C9H12O4S/c1-12-8-4-2-3-7-5-6-14(10,11)13-9(7)8/h4H,2-3,5-6H2,1H3. The van der Waals surface area contributed by atoms with E-state index in [1.807, 2.05) is 6.08 Å². The van der Waals surface area contributed by atoms with Crippen LogP contribution in [0.4, 0.5) is 0 Å². The van der Waals surface area contributed by atoms with Gasteiger partial charge in [-0.2, -0.15) is 8.42 Å². The molecule has 1 aliphatic carbocycles. The van der Waals surface area contributed by atoms with Crippen molar-refractivity contribution in [3.8, 4) is 0 Å². The highest BCUT2D eigenvalue weighted by molar-refractivity contribution is 7.86. The smallest absolute Gasteiger partial charge is 0.309 e. The number of hydrogen-bond acceptors (Lipinski definition) is 4. The molecule has 5 heteroatoms. The van der Waals surface area contributed by atoms with E-state index in [1.54, 1.807) is 0 Å². The highest BCUT2D eigenvalue weighted by Crippen LogP contribution is 2.33. The molecule has 0 atom stereocenters. The zero-order chi connectivity index (χ0) is 10.2. The molecule has 0 spiro atoms. The molecule has 4 nitrogen and oxygen atoms in total. The molecule has 14 heavy (non-hydrogen) atoms. The molecule has 78 valence electrons. The van der Waals surface area contributed by atoms with Gasteiger partial charge in [-0.05, 0) is 30.9 Å². The van der Waals surface area contributed by atoms with E-state index in [9.17, 15) is 8.42 Å². The Morgan fingerprint density at radius 3 is 2.93 bits per heavy atom. The molecule has 0 aromatic heterocycles. The maximum absolute atomic E-state index is 11.2. The van der Waals surface area contributed by atoms with Gasteiger partial charge < -0.3 is 8.92 Å². The molecule has 0 saturated heterocycles. The molecule has 0 unspecified atom stereocenters. The van der Waals surface area contributed by atoms with Crippen LogP contribution in [0.2, 0.25) is 0 Å². The lowest BCUT2D eigenvalue weighted by molar-refractivity contribution is 0.252. The Labute approximate surface area is 83.3 Å². The van der Waals surface area contributed by atoms with Gasteiger partial charge in [0.1, 0.15) is 0 Å². The molecule has 0 aromatic rings. The first-order valence-corrected chi connectivity index (χ1v) is 6.09. The van der Waals surface area contributed by atoms with Crippen LogP contribution in [0.15, 0.2) is 23.2 Å². The van der Waals surface area contributed by atoms with Crippen LogP contribution in [-0.4, -0.2) is 21.3 Å². The summed E-state index contributed by atoms with van der Waals surface area (Å²) in [6.45, 7) is 0. The van der Waals surface area contributed by atoms with Crippen molar-refractivity contribution in [3.63, 3.8) is 0 Å². The van der Waals surface area contributed by atoms with Crippen molar-refractivity contribution in [1.29, 1.82) is 0 Å². The van der Waals surface area contributed by atoms with Gasteiger partial charge >= 0.3 is 10.1 Å². The Morgan fingerprint density at radius 2 is 2.21 bits per heavy atom. The van der Waals surface area contributed by atoms with Crippen LogP contribution in [-0.2, 0) is 19.0 Å². The van der Waals surface area contributed by atoms with Gasteiger partial charge in [0.15, 0.2) is 11.5 Å². The predicted molar refractivity (Wildman–Crippen MR) is 50.8 cm³/mol. The number of hydrogen-bond donors (Lipinski definition) is 0. The highest BCUT2D eigenvalue weighted by Gasteiger charge is 2.29. The molecule has 0 bridgehead atoms. The van der Waals surface area contributed by atoms with E-state index in [1.165, 1.54) is 7.11 Å². The SMILES string of the molecule is COC1=CCCC2=C1OS(=O)(=O)CC2. The van der Waals surface area contributed by atoms with E-state index in [-0.39, 0.29) is 5.75 Å². The topological polar surface area (TPSA) is 52.6 Å². The molecule has 0 aromatic carbocycles. The molecule has 1 aliphatic heterocycles. The van der Waals surface area contributed by atoms with Gasteiger partial charge in [0.25, 0.3) is 0 Å². The van der Waals surface area contributed by atoms with E-state index >= 15 is 0 Å². The summed E-state index contributed by atoms with van der Waals surface area (Å²) in [5, 5.41) is 0. The Bertz CT molecular complexity index is 403. The highest BCUT2D eigenvalue weighted by atomic mass is 32.2. The van der Waals surface area contributed by atoms with E-state index in [0.29, 0.717) is 17.9 Å². The lowest BCUT2D eigenvalue weighted by atomic mass is 10.00. The minimum absolute atomic E-state index is 0.0861. The molecule has 0 saturated carbocycles. The quantitative estimate of drug-likeness (QED) is 0.620. The molecule has 2 aliphatic rings. The average Bonchev–Trinajstić information content (AvgIpc) is 2.15. The van der Waals surface area contributed by atoms with Gasteiger partial charge in [-0.25, -0.2) is 0 Å². The fraction of sp³-hybridized carbons (Fsp3) is 0.556. The summed E-state index contributed by atoms with van der Waals surface area (Å²) in [5.74, 6) is 1.06. The van der Waals surface area contributed by atoms with Crippen molar-refractivity contribution in [2.24, 2.45) is 0 Å². The molecule has 0 N–H and O–H groups in total. The van der Waals surface area contributed by atoms with Crippen LogP contribution < -0.4 is 0 Å². The Morgan fingerprint density at radius 1 is 1.43 bits per heavy atom. The predicted octanol–water partition coefficient (Wildman–Crippen LogP) is 1.31. The van der Waals surface area contributed by atoms with Crippen molar-refractivity contribution in [2.75, 3.05) is 12.9 Å². The number of ether oxygens (including phenoxy) is 1. The van der Waals surface area contributed by atoms with Crippen LogP contribution in [0, 0.1) is 0 Å². The second kappa shape index (κ2) is 3.31. The maximum Gasteiger partial charge on any atom is 0.309 e. The fourth-order valence-electron chi connectivity index (χ4n) is 1.69. The third-order valence-electron chi connectivity index (χ3n) is 2.40. The van der Waals surface area contributed by atoms with Crippen molar-refractivity contribution in [2.45, 2.75) is 19.3 Å². The van der Waals surface area contributed by atoms with Crippen molar-refractivity contribution in [1.82, 2.24) is 0 Å². The normalized spacial score (nSPS) is 24.8. The van der Waals surface area contributed by atoms with Gasteiger partial charge in [0, 0.05) is 0 Å². The van der Waals surface area contributed by atoms with Crippen molar-refractivity contribution >= 4 is 10.1 Å². The zero-order valence-electron chi connectivity index (χ0n) is 7.95. The summed E-state index contributed by atoms with van der Waals surface area (Å²) in [4.78, 5) is 0. The number of allylic oxidation sites excluding steroid dienone is 2. The van der Waals surface area contributed by atoms with Crippen molar-refractivity contribution < 1.29 is 17.3 Å². The summed E-state index contributed by atoms with van der Waals surface area (Å²) in [5.41, 5.74) is 1.05. The Kier molecular flexibility index (Phi) is 2.26. The first-order chi connectivity index (χ1) is 6.62. The Balaban J connectivity index is 2.37. The molecule has 0 radical (unpaired) electrons. The second-order valence-electron chi connectivity index (χ2n) is 3.34. The van der Waals surface area contributed by atoms with Crippen LogP contribution in [0.1, 0.15) is 19.3 Å². The van der Waals surface area contributed by atoms with Gasteiger partial charge in [-0.3, -0.25) is 0 Å². The fourth-order valence-corrected chi connectivity index (χ4v) is 2.72. The van der Waals surface area contributed by atoms with Gasteiger partial charge in [0.05, 0.1) is 12.9 Å². The summed E-state index contributed by atoms with van der Waals surface area (Å²) < 4.78 is 32.5. The average molecular weight is 216 g/mol. The minimum Gasteiger partial charge on any atom is -0.493 e. The number of rotatable bonds is 1. The number of methoxy groups -OCH3 is 1. The zero-order valence-corrected chi connectivity index (χ0v) is 8.76. The lowest BCUT2D eigenvalue weighted by Gasteiger charge is -2.24. The molecular weight excluding hydrogens is 204 g/mol. The first-order valence-electron chi connectivity index (χ1n) is 4.51. The molecule has 0 amide bonds. The minimum atomic E-state index is -3.37. The van der Waals surface area contributed by atoms with Crippen LogP contribution in [0.3, 0.4) is 0 Å². The monoisotopic (exact) mass is 216 g/mol. The van der Waals surface area contributed by atoms with E-state index in [4.69, 9.17) is 8.92 Å². The molecule has 0 fully saturated rings. The van der Waals surface area contributed by atoms with E-state index in [2.05, 4.69) is 0 Å². The van der Waals surface area contributed by atoms with E-state index < -0.39 is 10.1 Å². The molecular formula is C9H12O4S. The lowest BCUT2D eigenvalue weighted by Crippen LogP contribution is -2.21. The van der Waals surface area contributed by atoms with Crippen LogP contribution in [0.25, 0.3) is 0 Å². The third kappa shape index (κ3) is 1.64. The summed E-state index contributed by atoms with van der Waals surface area (Å²) >= 11 is 0. The summed E-state index contributed by atoms with van der Waals surface area (Å²) in [7, 11) is -1.85. The first kappa shape index (κ1) is 9.58. The summed E-state index contributed by atoms with van der Waals surface area (Å²) in [6.07, 6.45) is 4.20. The third-order valence-corrected chi connectivity index (χ3v) is 3.53. The van der Waals surface area contributed by atoms with Crippen LogP contribution >= 0.6 is 0 Å². The maximum atomic E-state index is 11.2. The van der Waals surface area contributed by atoms with Gasteiger partial charge in [-0.15, -0.1) is 0 Å². The van der Waals surface area contributed by atoms with Gasteiger partial charge in [0.2, 0.25) is 0 Å². The second-order valence-corrected chi connectivity index (χ2v) is 5.03. The van der Waals surface area contributed by atoms with Gasteiger partial charge in [-0.1, -0.05) is 0 Å². The van der Waals surface area contributed by atoms with E-state index in [0.717, 1.165) is 18.4 Å². The largest absolute Gasteiger partial charge is 0.493 e. The van der Waals surface area contributed by atoms with Crippen molar-refractivity contribution in [3.05, 3.63) is 23.2 Å². The van der Waals surface area contributed by atoms with Crippen LogP contribution in [0.5, 0.6) is 0 Å². The Hall–Kier alpha value is -0.970. The molecule has 1 heterocycles.